The van der Waals surface area contributed by atoms with Crippen LogP contribution in [0.1, 0.15) is 17.3 Å². The van der Waals surface area contributed by atoms with Gasteiger partial charge in [-0.05, 0) is 35.6 Å². The Morgan fingerprint density at radius 3 is 3.00 bits per heavy atom. The lowest BCUT2D eigenvalue weighted by Crippen LogP contribution is -2.33. The van der Waals surface area contributed by atoms with Crippen molar-refractivity contribution in [1.29, 1.82) is 0 Å². The molecule has 1 N–H and O–H groups in total. The molecule has 0 spiro atoms. The summed E-state index contributed by atoms with van der Waals surface area (Å²) in [6.45, 7) is 4.42. The fourth-order valence-electron chi connectivity index (χ4n) is 1.20. The number of nitrogens with one attached hydrogen (secondary N) is 1. The van der Waals surface area contributed by atoms with Crippen molar-refractivity contribution >= 4 is 33.4 Å². The molecule has 4 nitrogen and oxygen atoms in total. The SMILES string of the molecule is CCN(C)CCNC(=O)c1cc(Br)cnc1Cl. The first-order valence-electron chi connectivity index (χ1n) is 5.32. The van der Waals surface area contributed by atoms with Crippen molar-refractivity contribution in [3.05, 3.63) is 27.5 Å². The van der Waals surface area contributed by atoms with Crippen LogP contribution in [0.5, 0.6) is 0 Å². The van der Waals surface area contributed by atoms with Gasteiger partial charge in [-0.2, -0.15) is 0 Å². The zero-order valence-corrected chi connectivity index (χ0v) is 12.2. The van der Waals surface area contributed by atoms with Crippen LogP contribution in [-0.4, -0.2) is 42.5 Å². The minimum Gasteiger partial charge on any atom is -0.351 e. The van der Waals surface area contributed by atoms with Gasteiger partial charge in [-0.15, -0.1) is 0 Å². The number of pyridine rings is 1. The van der Waals surface area contributed by atoms with Crippen molar-refractivity contribution in [3.8, 4) is 0 Å². The van der Waals surface area contributed by atoms with E-state index < -0.39 is 0 Å². The third-order valence-electron chi connectivity index (χ3n) is 2.37. The molecule has 1 aromatic heterocycles. The predicted molar refractivity (Wildman–Crippen MR) is 72.5 cm³/mol. The lowest BCUT2D eigenvalue weighted by atomic mass is 10.2. The van der Waals surface area contributed by atoms with Crippen molar-refractivity contribution in [2.75, 3.05) is 26.7 Å². The Balaban J connectivity index is 2.55. The van der Waals surface area contributed by atoms with Crippen LogP contribution in [-0.2, 0) is 0 Å². The summed E-state index contributed by atoms with van der Waals surface area (Å²) in [5.74, 6) is -0.201. The number of carbonyl (C=O) groups is 1. The molecule has 0 saturated carbocycles. The average Bonchev–Trinajstić information content (AvgIpc) is 2.31. The van der Waals surface area contributed by atoms with Crippen LogP contribution >= 0.6 is 27.5 Å². The van der Waals surface area contributed by atoms with Gasteiger partial charge in [0.15, 0.2) is 0 Å². The maximum Gasteiger partial charge on any atom is 0.254 e. The normalized spacial score (nSPS) is 10.6. The van der Waals surface area contributed by atoms with Crippen LogP contribution in [0.2, 0.25) is 5.15 Å². The second-order valence-electron chi connectivity index (χ2n) is 3.64. The fraction of sp³-hybridized carbons (Fsp3) is 0.455. The summed E-state index contributed by atoms with van der Waals surface area (Å²) in [6.07, 6.45) is 1.56. The molecule has 17 heavy (non-hydrogen) atoms. The quantitative estimate of drug-likeness (QED) is 0.846. The summed E-state index contributed by atoms with van der Waals surface area (Å²) in [6, 6.07) is 1.66. The molecule has 0 saturated heterocycles. The molecule has 0 unspecified atom stereocenters. The second kappa shape index (κ2) is 6.93. The largest absolute Gasteiger partial charge is 0.351 e. The fourth-order valence-corrected chi connectivity index (χ4v) is 1.72. The molecule has 0 atom stereocenters. The van der Waals surface area contributed by atoms with Crippen LogP contribution in [0.3, 0.4) is 0 Å². The Morgan fingerprint density at radius 1 is 1.65 bits per heavy atom. The molecule has 0 aliphatic rings. The number of carbonyl (C=O) groups excluding carboxylic acids is 1. The summed E-state index contributed by atoms with van der Waals surface area (Å²) in [7, 11) is 2.00. The van der Waals surface area contributed by atoms with Gasteiger partial charge < -0.3 is 10.2 Å². The van der Waals surface area contributed by atoms with E-state index in [1.807, 2.05) is 7.05 Å². The molecule has 6 heteroatoms. The Bertz CT molecular complexity index is 400. The molecule has 94 valence electrons. The van der Waals surface area contributed by atoms with Crippen molar-refractivity contribution in [3.63, 3.8) is 0 Å². The Labute approximate surface area is 114 Å². The number of nitrogens with zero attached hydrogens (tertiary/aromatic N) is 2. The molecule has 0 aliphatic carbocycles. The number of likely N-dealkylation sites (N-methyl/N-ethyl adjacent to an activating group) is 1. The molecular weight excluding hydrogens is 305 g/mol. The summed E-state index contributed by atoms with van der Waals surface area (Å²) in [5.41, 5.74) is 0.389. The van der Waals surface area contributed by atoms with E-state index in [0.717, 1.165) is 17.6 Å². The van der Waals surface area contributed by atoms with E-state index >= 15 is 0 Å². The number of amides is 1. The Hall–Kier alpha value is -0.650. The van der Waals surface area contributed by atoms with Gasteiger partial charge in [0.25, 0.3) is 5.91 Å². The molecule has 0 bridgehead atoms. The van der Waals surface area contributed by atoms with Crippen molar-refractivity contribution in [1.82, 2.24) is 15.2 Å². The summed E-state index contributed by atoms with van der Waals surface area (Å²) < 4.78 is 0.734. The van der Waals surface area contributed by atoms with E-state index in [1.165, 1.54) is 0 Å². The number of hydrogen-bond acceptors (Lipinski definition) is 3. The smallest absolute Gasteiger partial charge is 0.254 e. The summed E-state index contributed by atoms with van der Waals surface area (Å²) in [4.78, 5) is 17.8. The highest BCUT2D eigenvalue weighted by atomic mass is 79.9. The first-order chi connectivity index (χ1) is 8.04. The number of aromatic nitrogens is 1. The van der Waals surface area contributed by atoms with Gasteiger partial charge >= 0.3 is 0 Å². The average molecular weight is 321 g/mol. The van der Waals surface area contributed by atoms with Crippen LogP contribution in [0.15, 0.2) is 16.7 Å². The topological polar surface area (TPSA) is 45.2 Å². The van der Waals surface area contributed by atoms with Crippen molar-refractivity contribution < 1.29 is 4.79 Å². The molecule has 0 aromatic carbocycles. The first-order valence-corrected chi connectivity index (χ1v) is 6.49. The van der Waals surface area contributed by atoms with Gasteiger partial charge in [0, 0.05) is 23.8 Å². The van der Waals surface area contributed by atoms with E-state index in [9.17, 15) is 4.79 Å². The minimum atomic E-state index is -0.201. The summed E-state index contributed by atoms with van der Waals surface area (Å²) >= 11 is 9.11. The molecule has 0 fully saturated rings. The van der Waals surface area contributed by atoms with Gasteiger partial charge in [0.05, 0.1) is 5.56 Å². The molecule has 0 aliphatic heterocycles. The van der Waals surface area contributed by atoms with E-state index in [-0.39, 0.29) is 11.1 Å². The highest BCUT2D eigenvalue weighted by molar-refractivity contribution is 9.10. The van der Waals surface area contributed by atoms with Gasteiger partial charge in [-0.3, -0.25) is 4.79 Å². The molecule has 1 rings (SSSR count). The van der Waals surface area contributed by atoms with Gasteiger partial charge in [0.2, 0.25) is 0 Å². The Morgan fingerprint density at radius 2 is 2.35 bits per heavy atom. The maximum absolute atomic E-state index is 11.8. The highest BCUT2D eigenvalue weighted by Gasteiger charge is 2.11. The third-order valence-corrected chi connectivity index (χ3v) is 3.10. The lowest BCUT2D eigenvalue weighted by Gasteiger charge is -2.14. The second-order valence-corrected chi connectivity index (χ2v) is 4.92. The molecular formula is C11H15BrClN3O. The number of hydrogen-bond donors (Lipinski definition) is 1. The highest BCUT2D eigenvalue weighted by Crippen LogP contribution is 2.17. The monoisotopic (exact) mass is 319 g/mol. The molecule has 1 amide bonds. The zero-order chi connectivity index (χ0) is 12.8. The van der Waals surface area contributed by atoms with Crippen LogP contribution in [0, 0.1) is 0 Å². The standard InChI is InChI=1S/C11H15BrClN3O/c1-3-16(2)5-4-14-11(17)9-6-8(12)7-15-10(9)13/h6-7H,3-5H2,1-2H3,(H,14,17). The van der Waals surface area contributed by atoms with Crippen LogP contribution < -0.4 is 5.32 Å². The Kier molecular flexibility index (Phi) is 5.88. The van der Waals surface area contributed by atoms with Crippen LogP contribution in [0.4, 0.5) is 0 Å². The predicted octanol–water partition coefficient (Wildman–Crippen LogP) is 2.18. The van der Waals surface area contributed by atoms with Crippen LogP contribution in [0.25, 0.3) is 0 Å². The number of halogens is 2. The summed E-state index contributed by atoms with van der Waals surface area (Å²) in [5, 5.41) is 3.02. The zero-order valence-electron chi connectivity index (χ0n) is 9.83. The van der Waals surface area contributed by atoms with E-state index in [1.54, 1.807) is 12.3 Å². The lowest BCUT2D eigenvalue weighted by molar-refractivity contribution is 0.0950. The first kappa shape index (κ1) is 14.4. The van der Waals surface area contributed by atoms with Gasteiger partial charge in [0.1, 0.15) is 5.15 Å². The number of rotatable bonds is 5. The molecule has 1 heterocycles. The van der Waals surface area contributed by atoms with E-state index in [4.69, 9.17) is 11.6 Å². The molecule has 1 aromatic rings. The van der Waals surface area contributed by atoms with Crippen molar-refractivity contribution in [2.45, 2.75) is 6.92 Å². The minimum absolute atomic E-state index is 0.201. The van der Waals surface area contributed by atoms with Gasteiger partial charge in [-0.1, -0.05) is 18.5 Å². The van der Waals surface area contributed by atoms with Crippen molar-refractivity contribution in [2.24, 2.45) is 0 Å². The maximum atomic E-state index is 11.8. The van der Waals surface area contributed by atoms with E-state index in [0.29, 0.717) is 12.1 Å². The van der Waals surface area contributed by atoms with Gasteiger partial charge in [-0.25, -0.2) is 4.98 Å². The van der Waals surface area contributed by atoms with E-state index in [2.05, 4.69) is 38.1 Å². The third kappa shape index (κ3) is 4.61. The molecule has 0 radical (unpaired) electrons.